The molecule has 6 rings (SSSR count). The number of hydrogen-bond donors (Lipinski definition) is 0. The lowest BCUT2D eigenvalue weighted by molar-refractivity contribution is -0.127. The van der Waals surface area contributed by atoms with Gasteiger partial charge in [0.2, 0.25) is 29.0 Å². The Bertz CT molecular complexity index is 1350. The van der Waals surface area contributed by atoms with Crippen LogP contribution in [0.3, 0.4) is 0 Å². The van der Waals surface area contributed by atoms with E-state index in [1.54, 1.807) is 72.8 Å². The van der Waals surface area contributed by atoms with E-state index in [0.717, 1.165) is 4.90 Å². The van der Waals surface area contributed by atoms with Crippen LogP contribution in [-0.2, 0) is 14.3 Å². The fraction of sp³-hybridized carbons (Fsp3) is 0.185. The van der Waals surface area contributed by atoms with E-state index in [2.05, 4.69) is 0 Å². The molecule has 0 bridgehead atoms. The molecule has 0 saturated carbocycles. The summed E-state index contributed by atoms with van der Waals surface area (Å²) in [6.45, 7) is 0. The molecule has 0 unspecified atom stereocenters. The summed E-state index contributed by atoms with van der Waals surface area (Å²) in [5, 5.41) is 0. The van der Waals surface area contributed by atoms with Gasteiger partial charge >= 0.3 is 0 Å². The third-order valence-corrected chi connectivity index (χ3v) is 6.96. The molecule has 0 N–H and O–H groups in total. The van der Waals surface area contributed by atoms with Crippen molar-refractivity contribution >= 4 is 29.1 Å². The van der Waals surface area contributed by atoms with Crippen molar-refractivity contribution in [2.75, 3.05) is 12.0 Å². The highest BCUT2D eigenvalue weighted by atomic mass is 16.5. The Kier molecular flexibility index (Phi) is 4.34. The number of ether oxygens (including phenoxy) is 2. The monoisotopic (exact) mass is 453 g/mol. The molecule has 0 radical (unpaired) electrons. The number of rotatable bonds is 3. The number of Topliss-reactive ketones (excluding diaryl/α,β-unsaturated/α-hetero) is 2. The van der Waals surface area contributed by atoms with E-state index < -0.39 is 46.9 Å². The van der Waals surface area contributed by atoms with E-state index >= 15 is 0 Å². The normalized spacial score (nSPS) is 24.6. The number of fused-ring (bicyclic) bond motifs is 3. The van der Waals surface area contributed by atoms with Gasteiger partial charge in [-0.3, -0.25) is 19.2 Å². The maximum atomic E-state index is 13.9. The highest BCUT2D eigenvalue weighted by Gasteiger charge is 2.74. The first kappa shape index (κ1) is 20.5. The Morgan fingerprint density at radius 1 is 0.794 bits per heavy atom. The van der Waals surface area contributed by atoms with Crippen LogP contribution in [0.25, 0.3) is 0 Å². The number of ketones is 2. The minimum absolute atomic E-state index is 0.208. The molecule has 2 heterocycles. The van der Waals surface area contributed by atoms with Crippen molar-refractivity contribution in [3.05, 3.63) is 95.6 Å². The topological polar surface area (TPSA) is 90.0 Å². The smallest absolute Gasteiger partial charge is 0.241 e. The quantitative estimate of drug-likeness (QED) is 0.446. The van der Waals surface area contributed by atoms with Crippen molar-refractivity contribution in [3.63, 3.8) is 0 Å². The van der Waals surface area contributed by atoms with Gasteiger partial charge in [0.05, 0.1) is 30.7 Å². The first-order valence-electron chi connectivity index (χ1n) is 10.9. The summed E-state index contributed by atoms with van der Waals surface area (Å²) in [6, 6.07) is 21.9. The third-order valence-electron chi connectivity index (χ3n) is 6.96. The summed E-state index contributed by atoms with van der Waals surface area (Å²) in [5.74, 6) is -4.11. The van der Waals surface area contributed by atoms with Gasteiger partial charge in [0.1, 0.15) is 5.75 Å². The lowest BCUT2D eigenvalue weighted by atomic mass is 9.77. The first-order chi connectivity index (χ1) is 16.5. The van der Waals surface area contributed by atoms with Gasteiger partial charge in [-0.15, -0.1) is 0 Å². The zero-order valence-corrected chi connectivity index (χ0v) is 18.1. The number of nitrogens with zero attached hydrogens (tertiary/aromatic N) is 1. The zero-order valence-electron chi connectivity index (χ0n) is 18.1. The molecule has 7 nitrogen and oxygen atoms in total. The largest absolute Gasteiger partial charge is 0.497 e. The van der Waals surface area contributed by atoms with Gasteiger partial charge in [0, 0.05) is 17.2 Å². The highest BCUT2D eigenvalue weighted by molar-refractivity contribution is 6.37. The Labute approximate surface area is 194 Å². The van der Waals surface area contributed by atoms with Gasteiger partial charge in [-0.05, 0) is 17.7 Å². The van der Waals surface area contributed by atoms with Crippen molar-refractivity contribution in [2.45, 2.75) is 11.7 Å². The predicted octanol–water partition coefficient (Wildman–Crippen LogP) is 3.39. The van der Waals surface area contributed by atoms with Crippen molar-refractivity contribution in [1.29, 1.82) is 0 Å². The van der Waals surface area contributed by atoms with Gasteiger partial charge < -0.3 is 9.47 Å². The zero-order chi connectivity index (χ0) is 23.6. The fourth-order valence-corrected chi connectivity index (χ4v) is 5.46. The van der Waals surface area contributed by atoms with E-state index in [9.17, 15) is 19.2 Å². The summed E-state index contributed by atoms with van der Waals surface area (Å²) < 4.78 is 11.5. The molecule has 2 amide bonds. The highest BCUT2D eigenvalue weighted by Crippen LogP contribution is 2.57. The molecule has 34 heavy (non-hydrogen) atoms. The lowest BCUT2D eigenvalue weighted by Gasteiger charge is -2.27. The van der Waals surface area contributed by atoms with Gasteiger partial charge in [0.25, 0.3) is 0 Å². The second-order valence-electron chi connectivity index (χ2n) is 8.61. The lowest BCUT2D eigenvalue weighted by Crippen LogP contribution is -2.51. The summed E-state index contributed by atoms with van der Waals surface area (Å²) in [7, 11) is 1.49. The average Bonchev–Trinajstić information content (AvgIpc) is 3.44. The molecular formula is C27H19NO6. The maximum absolute atomic E-state index is 13.9. The second kappa shape index (κ2) is 7.20. The Morgan fingerprint density at radius 3 is 2.09 bits per heavy atom. The van der Waals surface area contributed by atoms with Crippen LogP contribution in [0.15, 0.2) is 78.9 Å². The maximum Gasteiger partial charge on any atom is 0.241 e. The van der Waals surface area contributed by atoms with Crippen LogP contribution >= 0.6 is 0 Å². The Morgan fingerprint density at radius 2 is 1.44 bits per heavy atom. The van der Waals surface area contributed by atoms with Crippen molar-refractivity contribution < 1.29 is 28.7 Å². The SMILES string of the molecule is COc1cccc(N2C(=O)[C@@H]3[C@@H](C2=O)C2(O[C@H]3c3ccccc3)C(=O)c3ccccc3C2=O)c1. The molecule has 3 aliphatic rings. The van der Waals surface area contributed by atoms with Crippen LogP contribution in [0.1, 0.15) is 32.4 Å². The van der Waals surface area contributed by atoms with E-state index in [0.29, 0.717) is 17.0 Å². The summed E-state index contributed by atoms with van der Waals surface area (Å²) >= 11 is 0. The molecule has 168 valence electrons. The molecule has 7 heteroatoms. The summed E-state index contributed by atoms with van der Waals surface area (Å²) in [4.78, 5) is 56.1. The molecule has 2 saturated heterocycles. The van der Waals surface area contributed by atoms with Crippen molar-refractivity contribution in [2.24, 2.45) is 11.8 Å². The summed E-state index contributed by atoms with van der Waals surface area (Å²) in [5.41, 5.74) is -0.712. The Hall–Kier alpha value is -4.10. The van der Waals surface area contributed by atoms with E-state index in [1.165, 1.54) is 7.11 Å². The van der Waals surface area contributed by atoms with Crippen molar-refractivity contribution in [1.82, 2.24) is 0 Å². The number of methoxy groups -OCH3 is 1. The van der Waals surface area contributed by atoms with Crippen LogP contribution in [0, 0.1) is 11.8 Å². The minimum atomic E-state index is -2.07. The predicted molar refractivity (Wildman–Crippen MR) is 121 cm³/mol. The van der Waals surface area contributed by atoms with Crippen molar-refractivity contribution in [3.8, 4) is 5.75 Å². The number of benzene rings is 3. The standard InChI is InChI=1S/C27H19NO6/c1-33-17-11-7-10-16(14-17)28-25(31)20-21(26(28)32)27(34-22(20)15-8-3-2-4-9-15)23(29)18-12-5-6-13-19(18)24(27)30/h2-14,20-22H,1H3/t20-,21+,22+/m1/s1. The molecule has 0 aromatic heterocycles. The third kappa shape index (κ3) is 2.50. The second-order valence-corrected chi connectivity index (χ2v) is 8.61. The van der Waals surface area contributed by atoms with Crippen LogP contribution in [0.5, 0.6) is 5.75 Å². The van der Waals surface area contributed by atoms with Gasteiger partial charge in [-0.2, -0.15) is 0 Å². The summed E-state index contributed by atoms with van der Waals surface area (Å²) in [6.07, 6.45) is -0.930. The average molecular weight is 453 g/mol. The van der Waals surface area contributed by atoms with Crippen LogP contribution in [0.4, 0.5) is 5.69 Å². The number of amides is 2. The van der Waals surface area contributed by atoms with Crippen LogP contribution in [-0.4, -0.2) is 36.1 Å². The molecule has 1 aliphatic carbocycles. The number of carbonyl (C=O) groups excluding carboxylic acids is 4. The van der Waals surface area contributed by atoms with Gasteiger partial charge in [-0.25, -0.2) is 4.90 Å². The van der Waals surface area contributed by atoms with E-state index in [4.69, 9.17) is 9.47 Å². The molecular weight excluding hydrogens is 434 g/mol. The number of hydrogen-bond acceptors (Lipinski definition) is 6. The molecule has 3 aromatic carbocycles. The molecule has 1 spiro atoms. The van der Waals surface area contributed by atoms with E-state index in [-0.39, 0.29) is 11.1 Å². The number of anilines is 1. The number of carbonyl (C=O) groups is 4. The number of imide groups is 1. The van der Waals surface area contributed by atoms with Crippen LogP contribution < -0.4 is 9.64 Å². The van der Waals surface area contributed by atoms with Crippen LogP contribution in [0.2, 0.25) is 0 Å². The molecule has 3 aromatic rings. The van der Waals surface area contributed by atoms with E-state index in [1.807, 2.05) is 6.07 Å². The molecule has 2 fully saturated rings. The fourth-order valence-electron chi connectivity index (χ4n) is 5.46. The molecule has 2 aliphatic heterocycles. The minimum Gasteiger partial charge on any atom is -0.497 e. The Balaban J connectivity index is 1.54. The molecule has 3 atom stereocenters. The van der Waals surface area contributed by atoms with Gasteiger partial charge in [0.15, 0.2) is 0 Å². The van der Waals surface area contributed by atoms with Gasteiger partial charge in [-0.1, -0.05) is 60.7 Å². The first-order valence-corrected chi connectivity index (χ1v) is 10.9.